The Kier molecular flexibility index (Phi) is 4.48. The Morgan fingerprint density at radius 2 is 1.71 bits per heavy atom. The molecule has 3 rings (SSSR count). The van der Waals surface area contributed by atoms with Gasteiger partial charge in [-0.1, -0.05) is 55.8 Å². The highest BCUT2D eigenvalue weighted by Gasteiger charge is 2.12. The van der Waals surface area contributed by atoms with Crippen LogP contribution in [0.5, 0.6) is 0 Å². The molecule has 0 bridgehead atoms. The Hall–Kier alpha value is -2.86. The minimum absolute atomic E-state index is 0.428. The second-order valence-corrected chi connectivity index (χ2v) is 6.57. The molecule has 0 amide bonds. The first kappa shape index (κ1) is 16.0. The van der Waals surface area contributed by atoms with E-state index in [9.17, 15) is 5.26 Å². The van der Waals surface area contributed by atoms with Gasteiger partial charge < -0.3 is 0 Å². The fourth-order valence-electron chi connectivity index (χ4n) is 2.81. The van der Waals surface area contributed by atoms with Crippen molar-refractivity contribution in [1.29, 1.82) is 5.26 Å². The van der Waals surface area contributed by atoms with Gasteiger partial charge in [0.15, 0.2) is 5.69 Å². The van der Waals surface area contributed by atoms with Crippen LogP contribution in [0.2, 0.25) is 0 Å². The molecule has 3 nitrogen and oxygen atoms in total. The first-order chi connectivity index (χ1) is 11.6. The highest BCUT2D eigenvalue weighted by atomic mass is 15.3. The summed E-state index contributed by atoms with van der Waals surface area (Å²) < 4.78 is 1.84. The molecule has 3 aromatic rings. The maximum atomic E-state index is 9.23. The third-order valence-corrected chi connectivity index (χ3v) is 4.00. The molecular weight excluding hydrogens is 294 g/mol. The van der Waals surface area contributed by atoms with Crippen LogP contribution in [0.4, 0.5) is 0 Å². The number of benzene rings is 2. The van der Waals surface area contributed by atoms with Crippen LogP contribution in [0.1, 0.15) is 30.7 Å². The standard InChI is InChI=1S/C21H21N3/c1-15(2)12-17-6-8-18(9-7-17)21-13-19(14-22)23-24(21)20-10-4-16(3)5-11-20/h4-11,13,15H,12H2,1-3H3. The van der Waals surface area contributed by atoms with E-state index in [2.05, 4.69) is 68.3 Å². The van der Waals surface area contributed by atoms with Crippen LogP contribution < -0.4 is 0 Å². The number of rotatable bonds is 4. The van der Waals surface area contributed by atoms with E-state index >= 15 is 0 Å². The summed E-state index contributed by atoms with van der Waals surface area (Å²) >= 11 is 0. The second-order valence-electron chi connectivity index (χ2n) is 6.57. The smallest absolute Gasteiger partial charge is 0.163 e. The lowest BCUT2D eigenvalue weighted by Gasteiger charge is -2.09. The second kappa shape index (κ2) is 6.72. The number of nitrogens with zero attached hydrogens (tertiary/aromatic N) is 3. The van der Waals surface area contributed by atoms with E-state index in [1.807, 2.05) is 22.9 Å². The molecule has 0 saturated heterocycles. The zero-order chi connectivity index (χ0) is 17.1. The molecule has 0 unspecified atom stereocenters. The van der Waals surface area contributed by atoms with Gasteiger partial charge in [0.05, 0.1) is 11.4 Å². The van der Waals surface area contributed by atoms with Crippen LogP contribution in [0.3, 0.4) is 0 Å². The molecule has 120 valence electrons. The summed E-state index contributed by atoms with van der Waals surface area (Å²) in [6.07, 6.45) is 1.07. The van der Waals surface area contributed by atoms with Gasteiger partial charge in [-0.15, -0.1) is 0 Å². The molecular formula is C21H21N3. The summed E-state index contributed by atoms with van der Waals surface area (Å²) in [6.45, 7) is 6.50. The number of aromatic nitrogens is 2. The third kappa shape index (κ3) is 3.38. The van der Waals surface area contributed by atoms with Crippen LogP contribution in [-0.4, -0.2) is 9.78 Å². The summed E-state index contributed by atoms with van der Waals surface area (Å²) in [6, 6.07) is 20.7. The first-order valence-electron chi connectivity index (χ1n) is 8.23. The largest absolute Gasteiger partial charge is 0.232 e. The Morgan fingerprint density at radius 3 is 2.29 bits per heavy atom. The Morgan fingerprint density at radius 1 is 1.04 bits per heavy atom. The Balaban J connectivity index is 2.02. The van der Waals surface area contributed by atoms with Crippen molar-refractivity contribution < 1.29 is 0 Å². The molecule has 1 aromatic heterocycles. The summed E-state index contributed by atoms with van der Waals surface area (Å²) in [4.78, 5) is 0. The van der Waals surface area contributed by atoms with Crippen LogP contribution in [0, 0.1) is 24.2 Å². The molecule has 0 spiro atoms. The fraction of sp³-hybridized carbons (Fsp3) is 0.238. The van der Waals surface area contributed by atoms with E-state index in [0.29, 0.717) is 11.6 Å². The highest BCUT2D eigenvalue weighted by molar-refractivity contribution is 5.64. The SMILES string of the molecule is Cc1ccc(-n2nc(C#N)cc2-c2ccc(CC(C)C)cc2)cc1. The van der Waals surface area contributed by atoms with Crippen molar-refractivity contribution in [2.24, 2.45) is 5.92 Å². The average Bonchev–Trinajstić information content (AvgIpc) is 3.00. The van der Waals surface area contributed by atoms with Crippen molar-refractivity contribution in [3.05, 3.63) is 71.4 Å². The topological polar surface area (TPSA) is 41.6 Å². The number of hydrogen-bond acceptors (Lipinski definition) is 2. The van der Waals surface area contributed by atoms with Gasteiger partial charge in [-0.05, 0) is 37.0 Å². The molecule has 0 N–H and O–H groups in total. The normalized spacial score (nSPS) is 10.8. The molecule has 0 aliphatic carbocycles. The molecule has 2 aromatic carbocycles. The fourth-order valence-corrected chi connectivity index (χ4v) is 2.81. The molecule has 24 heavy (non-hydrogen) atoms. The number of hydrogen-bond donors (Lipinski definition) is 0. The lowest BCUT2D eigenvalue weighted by molar-refractivity contribution is 0.647. The van der Waals surface area contributed by atoms with E-state index in [0.717, 1.165) is 23.4 Å². The van der Waals surface area contributed by atoms with Crippen molar-refractivity contribution in [2.75, 3.05) is 0 Å². The average molecular weight is 315 g/mol. The summed E-state index contributed by atoms with van der Waals surface area (Å²) in [5, 5.41) is 13.7. The predicted octanol–water partition coefficient (Wildman–Crippen LogP) is 4.92. The van der Waals surface area contributed by atoms with Gasteiger partial charge in [-0.25, -0.2) is 4.68 Å². The van der Waals surface area contributed by atoms with E-state index in [-0.39, 0.29) is 0 Å². The number of aryl methyl sites for hydroxylation is 1. The zero-order valence-corrected chi connectivity index (χ0v) is 14.3. The lowest BCUT2D eigenvalue weighted by atomic mass is 10.0. The van der Waals surface area contributed by atoms with Crippen LogP contribution in [0.25, 0.3) is 16.9 Å². The maximum Gasteiger partial charge on any atom is 0.163 e. The van der Waals surface area contributed by atoms with Gasteiger partial charge in [0.1, 0.15) is 6.07 Å². The molecule has 0 fully saturated rings. The molecule has 0 radical (unpaired) electrons. The van der Waals surface area contributed by atoms with E-state index in [1.54, 1.807) is 0 Å². The van der Waals surface area contributed by atoms with Crippen LogP contribution in [-0.2, 0) is 6.42 Å². The zero-order valence-electron chi connectivity index (χ0n) is 14.3. The highest BCUT2D eigenvalue weighted by Crippen LogP contribution is 2.25. The minimum Gasteiger partial charge on any atom is -0.232 e. The third-order valence-electron chi connectivity index (χ3n) is 4.00. The Bertz CT molecular complexity index is 863. The molecule has 0 aliphatic rings. The molecule has 3 heteroatoms. The monoisotopic (exact) mass is 315 g/mol. The molecule has 0 atom stereocenters. The van der Waals surface area contributed by atoms with Crippen molar-refractivity contribution >= 4 is 0 Å². The molecule has 0 aliphatic heterocycles. The van der Waals surface area contributed by atoms with Crippen molar-refractivity contribution in [3.63, 3.8) is 0 Å². The lowest BCUT2D eigenvalue weighted by Crippen LogP contribution is -1.99. The van der Waals surface area contributed by atoms with E-state index in [1.165, 1.54) is 11.1 Å². The first-order valence-corrected chi connectivity index (χ1v) is 8.23. The molecule has 1 heterocycles. The Labute approximate surface area is 143 Å². The van der Waals surface area contributed by atoms with Crippen LogP contribution in [0.15, 0.2) is 54.6 Å². The minimum atomic E-state index is 0.428. The summed E-state index contributed by atoms with van der Waals surface area (Å²) in [7, 11) is 0. The molecule has 0 saturated carbocycles. The van der Waals surface area contributed by atoms with Crippen molar-refractivity contribution in [3.8, 4) is 23.0 Å². The summed E-state index contributed by atoms with van der Waals surface area (Å²) in [5.74, 6) is 0.638. The van der Waals surface area contributed by atoms with Gasteiger partial charge in [-0.2, -0.15) is 10.4 Å². The van der Waals surface area contributed by atoms with E-state index in [4.69, 9.17) is 0 Å². The van der Waals surface area contributed by atoms with Gasteiger partial charge in [0.2, 0.25) is 0 Å². The van der Waals surface area contributed by atoms with Gasteiger partial charge in [0.25, 0.3) is 0 Å². The van der Waals surface area contributed by atoms with Crippen molar-refractivity contribution in [1.82, 2.24) is 9.78 Å². The number of nitriles is 1. The van der Waals surface area contributed by atoms with Gasteiger partial charge in [-0.3, -0.25) is 0 Å². The quantitative estimate of drug-likeness (QED) is 0.686. The summed E-state index contributed by atoms with van der Waals surface area (Å²) in [5.41, 5.74) is 5.92. The maximum absolute atomic E-state index is 9.23. The van der Waals surface area contributed by atoms with Crippen molar-refractivity contribution in [2.45, 2.75) is 27.2 Å². The van der Waals surface area contributed by atoms with Gasteiger partial charge >= 0.3 is 0 Å². The predicted molar refractivity (Wildman–Crippen MR) is 97.0 cm³/mol. The van der Waals surface area contributed by atoms with E-state index < -0.39 is 0 Å². The van der Waals surface area contributed by atoms with Gasteiger partial charge in [0, 0.05) is 11.6 Å². The van der Waals surface area contributed by atoms with Crippen LogP contribution >= 0.6 is 0 Å².